The number of piperazine rings is 1. The van der Waals surface area contributed by atoms with Crippen molar-refractivity contribution in [3.63, 3.8) is 0 Å². The predicted molar refractivity (Wildman–Crippen MR) is 99.0 cm³/mol. The smallest absolute Gasteiger partial charge is 0.270 e. The fourth-order valence-electron chi connectivity index (χ4n) is 2.86. The molecule has 1 aliphatic heterocycles. The molecule has 0 unspecified atom stereocenters. The molecule has 0 spiro atoms. The lowest BCUT2D eigenvalue weighted by molar-refractivity contribution is -0.384. The van der Waals surface area contributed by atoms with E-state index in [1.54, 1.807) is 35.2 Å². The normalized spacial score (nSPS) is 14.6. The number of non-ortho nitro benzene ring substituents is 1. The van der Waals surface area contributed by atoms with Crippen molar-refractivity contribution in [3.8, 4) is 5.75 Å². The number of rotatable bonds is 4. The Morgan fingerprint density at radius 2 is 1.77 bits per heavy atom. The topological polar surface area (TPSA) is 86.9 Å². The average molecular weight is 353 g/mol. The number of hydrogen-bond acceptors (Lipinski definition) is 5. The number of aromatic hydroxyl groups is 1. The van der Waals surface area contributed by atoms with Crippen LogP contribution in [0.3, 0.4) is 0 Å². The van der Waals surface area contributed by atoms with E-state index in [4.69, 9.17) is 0 Å². The molecule has 2 aromatic rings. The number of hydrogen-bond donors (Lipinski definition) is 1. The Hall–Kier alpha value is -3.35. The summed E-state index contributed by atoms with van der Waals surface area (Å²) in [4.78, 5) is 26.6. The molecule has 7 nitrogen and oxygen atoms in total. The molecular formula is C19H19N3O4. The van der Waals surface area contributed by atoms with Crippen molar-refractivity contribution in [1.29, 1.82) is 0 Å². The van der Waals surface area contributed by atoms with E-state index < -0.39 is 4.92 Å². The minimum absolute atomic E-state index is 0.00195. The van der Waals surface area contributed by atoms with Gasteiger partial charge in [-0.3, -0.25) is 14.9 Å². The van der Waals surface area contributed by atoms with Gasteiger partial charge in [-0.1, -0.05) is 12.1 Å². The molecule has 26 heavy (non-hydrogen) atoms. The van der Waals surface area contributed by atoms with Crippen LogP contribution in [0.25, 0.3) is 6.08 Å². The van der Waals surface area contributed by atoms with Gasteiger partial charge in [0.05, 0.1) is 4.92 Å². The zero-order chi connectivity index (χ0) is 18.5. The number of phenolic OH excluding ortho intramolecular Hbond substituents is 1. The Balaban J connectivity index is 1.57. The molecule has 0 atom stereocenters. The summed E-state index contributed by atoms with van der Waals surface area (Å²) in [6.07, 6.45) is 3.05. The maximum Gasteiger partial charge on any atom is 0.270 e. The fraction of sp³-hybridized carbons (Fsp3) is 0.211. The third-order valence-electron chi connectivity index (χ3n) is 4.31. The zero-order valence-electron chi connectivity index (χ0n) is 14.1. The van der Waals surface area contributed by atoms with Crippen molar-refractivity contribution < 1.29 is 14.8 Å². The molecule has 134 valence electrons. The monoisotopic (exact) mass is 353 g/mol. The highest BCUT2D eigenvalue weighted by molar-refractivity contribution is 5.92. The average Bonchev–Trinajstić information content (AvgIpc) is 2.67. The minimum atomic E-state index is -0.457. The minimum Gasteiger partial charge on any atom is -0.508 e. The van der Waals surface area contributed by atoms with Gasteiger partial charge in [-0.05, 0) is 35.9 Å². The summed E-state index contributed by atoms with van der Waals surface area (Å²) in [5, 5.41) is 20.1. The van der Waals surface area contributed by atoms with Gasteiger partial charge in [-0.15, -0.1) is 0 Å². The number of nitrogens with zero attached hydrogens (tertiary/aromatic N) is 3. The van der Waals surface area contributed by atoms with Crippen LogP contribution in [0.2, 0.25) is 0 Å². The number of anilines is 1. The first-order valence-corrected chi connectivity index (χ1v) is 8.28. The van der Waals surface area contributed by atoms with Gasteiger partial charge in [0.15, 0.2) is 0 Å². The Morgan fingerprint density at radius 3 is 2.42 bits per heavy atom. The third kappa shape index (κ3) is 4.18. The maximum absolute atomic E-state index is 12.3. The molecule has 0 aromatic heterocycles. The van der Waals surface area contributed by atoms with E-state index in [2.05, 4.69) is 4.90 Å². The number of nitro benzene ring substituents is 1. The predicted octanol–water partition coefficient (Wildman–Crippen LogP) is 2.66. The SMILES string of the molecule is O=C(/C=C/c1cccc([N+](=O)[O-])c1)N1CCN(c2ccc(O)cc2)CC1. The van der Waals surface area contributed by atoms with Crippen LogP contribution in [0.15, 0.2) is 54.6 Å². The Labute approximate surface area is 150 Å². The van der Waals surface area contributed by atoms with Gasteiger partial charge in [-0.25, -0.2) is 0 Å². The largest absolute Gasteiger partial charge is 0.508 e. The molecule has 1 fully saturated rings. The van der Waals surface area contributed by atoms with Crippen molar-refractivity contribution in [2.45, 2.75) is 0 Å². The Morgan fingerprint density at radius 1 is 1.08 bits per heavy atom. The molecule has 0 saturated carbocycles. The Kier molecular flexibility index (Phi) is 5.17. The number of carbonyl (C=O) groups is 1. The van der Waals surface area contributed by atoms with E-state index in [1.165, 1.54) is 18.2 Å². The van der Waals surface area contributed by atoms with Crippen LogP contribution in [0.4, 0.5) is 11.4 Å². The van der Waals surface area contributed by atoms with Crippen LogP contribution in [0, 0.1) is 10.1 Å². The van der Waals surface area contributed by atoms with Crippen LogP contribution in [0.5, 0.6) is 5.75 Å². The van der Waals surface area contributed by atoms with Crippen LogP contribution in [0.1, 0.15) is 5.56 Å². The standard InChI is InChI=1S/C19H19N3O4/c23-18-7-5-16(6-8-18)20-10-12-21(13-11-20)19(24)9-4-15-2-1-3-17(14-15)22(25)26/h1-9,14,23H,10-13H2/b9-4+. The van der Waals surface area contributed by atoms with Crippen LogP contribution < -0.4 is 4.90 Å². The second-order valence-corrected chi connectivity index (χ2v) is 6.01. The number of carbonyl (C=O) groups excluding carboxylic acids is 1. The molecule has 1 saturated heterocycles. The molecular weight excluding hydrogens is 334 g/mol. The first-order valence-electron chi connectivity index (χ1n) is 8.28. The lowest BCUT2D eigenvalue weighted by Crippen LogP contribution is -2.48. The number of benzene rings is 2. The molecule has 0 radical (unpaired) electrons. The molecule has 0 aliphatic carbocycles. The van der Waals surface area contributed by atoms with Crippen molar-refractivity contribution in [2.24, 2.45) is 0 Å². The van der Waals surface area contributed by atoms with E-state index in [0.29, 0.717) is 31.7 Å². The van der Waals surface area contributed by atoms with Crippen LogP contribution in [-0.4, -0.2) is 47.0 Å². The molecule has 2 aromatic carbocycles. The second-order valence-electron chi connectivity index (χ2n) is 6.01. The second kappa shape index (κ2) is 7.69. The quantitative estimate of drug-likeness (QED) is 0.519. The van der Waals surface area contributed by atoms with Crippen LogP contribution in [-0.2, 0) is 4.79 Å². The summed E-state index contributed by atoms with van der Waals surface area (Å²) in [6, 6.07) is 13.2. The lowest BCUT2D eigenvalue weighted by Gasteiger charge is -2.35. The fourth-order valence-corrected chi connectivity index (χ4v) is 2.86. The maximum atomic E-state index is 12.3. The zero-order valence-corrected chi connectivity index (χ0v) is 14.1. The Bertz CT molecular complexity index is 825. The summed E-state index contributed by atoms with van der Waals surface area (Å²) < 4.78 is 0. The van der Waals surface area contributed by atoms with E-state index in [-0.39, 0.29) is 17.3 Å². The summed E-state index contributed by atoms with van der Waals surface area (Å²) in [6.45, 7) is 2.61. The summed E-state index contributed by atoms with van der Waals surface area (Å²) in [7, 11) is 0. The third-order valence-corrected chi connectivity index (χ3v) is 4.31. The van der Waals surface area contributed by atoms with Gasteiger partial charge in [0.1, 0.15) is 5.75 Å². The summed E-state index contributed by atoms with van der Waals surface area (Å²) in [5.74, 6) is 0.121. The number of phenols is 1. The van der Waals surface area contributed by atoms with Crippen molar-refractivity contribution in [1.82, 2.24) is 4.90 Å². The van der Waals surface area contributed by atoms with Gasteiger partial charge in [0.25, 0.3) is 5.69 Å². The highest BCUT2D eigenvalue weighted by Crippen LogP contribution is 2.20. The first-order chi connectivity index (χ1) is 12.5. The van der Waals surface area contributed by atoms with E-state index in [0.717, 1.165) is 5.69 Å². The molecule has 7 heteroatoms. The number of amides is 1. The van der Waals surface area contributed by atoms with Gasteiger partial charge in [0.2, 0.25) is 5.91 Å². The lowest BCUT2D eigenvalue weighted by atomic mass is 10.2. The molecule has 1 amide bonds. The van der Waals surface area contributed by atoms with Crippen molar-refractivity contribution in [2.75, 3.05) is 31.1 Å². The van der Waals surface area contributed by atoms with Crippen molar-refractivity contribution >= 4 is 23.4 Å². The highest BCUT2D eigenvalue weighted by Gasteiger charge is 2.19. The molecule has 3 rings (SSSR count). The molecule has 0 bridgehead atoms. The van der Waals surface area contributed by atoms with Crippen molar-refractivity contribution in [3.05, 3.63) is 70.3 Å². The highest BCUT2D eigenvalue weighted by atomic mass is 16.6. The van der Waals surface area contributed by atoms with E-state index in [9.17, 15) is 20.0 Å². The van der Waals surface area contributed by atoms with E-state index >= 15 is 0 Å². The summed E-state index contributed by atoms with van der Waals surface area (Å²) in [5.41, 5.74) is 1.64. The van der Waals surface area contributed by atoms with Gasteiger partial charge >= 0.3 is 0 Å². The number of nitro groups is 1. The van der Waals surface area contributed by atoms with Crippen LogP contribution >= 0.6 is 0 Å². The van der Waals surface area contributed by atoms with Gasteiger partial charge in [-0.2, -0.15) is 0 Å². The molecule has 1 heterocycles. The van der Waals surface area contributed by atoms with Gasteiger partial charge < -0.3 is 14.9 Å². The first kappa shape index (κ1) is 17.5. The summed E-state index contributed by atoms with van der Waals surface area (Å²) >= 11 is 0. The van der Waals surface area contributed by atoms with Gasteiger partial charge in [0, 0.05) is 50.1 Å². The molecule has 1 N–H and O–H groups in total. The molecule has 1 aliphatic rings. The van der Waals surface area contributed by atoms with E-state index in [1.807, 2.05) is 12.1 Å².